The molecule has 0 atom stereocenters. The minimum atomic E-state index is -0.217. The lowest BCUT2D eigenvalue weighted by Crippen LogP contribution is -2.49. The Kier molecular flexibility index (Phi) is 12.7. The second-order valence-electron chi connectivity index (χ2n) is 11.4. The minimum absolute atomic E-state index is 0. The van der Waals surface area contributed by atoms with Crippen molar-refractivity contribution in [1.82, 2.24) is 5.32 Å². The number of para-hydroxylation sites is 2. The number of carbonyl (C=O) groups is 1. The maximum Gasteiger partial charge on any atom is 0.319 e. The number of halogens is 2. The van der Waals surface area contributed by atoms with Gasteiger partial charge in [-0.2, -0.15) is 0 Å². The molecule has 0 aromatic heterocycles. The first-order chi connectivity index (χ1) is 19.2. The number of benzene rings is 3. The number of amides is 2. The largest absolute Gasteiger partial charge is 0.497 e. The van der Waals surface area contributed by atoms with Crippen molar-refractivity contribution in [3.05, 3.63) is 77.4 Å². The molecule has 2 amide bonds. The molecule has 4 N–H and O–H groups in total. The fourth-order valence-corrected chi connectivity index (χ4v) is 5.75. The topological polar surface area (TPSA) is 88.8 Å². The van der Waals surface area contributed by atoms with Crippen LogP contribution in [0.5, 0.6) is 11.5 Å². The first kappa shape index (κ1) is 34.9. The van der Waals surface area contributed by atoms with Crippen LogP contribution in [0.25, 0.3) is 0 Å². The van der Waals surface area contributed by atoms with E-state index in [1.807, 2.05) is 42.5 Å². The first-order valence-corrected chi connectivity index (χ1v) is 14.2. The first-order valence-electron chi connectivity index (χ1n) is 14.2. The summed E-state index contributed by atoms with van der Waals surface area (Å²) in [6, 6.07) is 20.2. The third-order valence-electron chi connectivity index (χ3n) is 8.14. The lowest BCUT2D eigenvalue weighted by Gasteiger charge is -2.43. The second kappa shape index (κ2) is 15.3. The number of methoxy groups -OCH3 is 2. The molecule has 9 heteroatoms. The molecule has 0 radical (unpaired) electrons. The van der Waals surface area contributed by atoms with Gasteiger partial charge in [-0.25, -0.2) is 4.79 Å². The van der Waals surface area contributed by atoms with Crippen molar-refractivity contribution in [2.24, 2.45) is 0 Å². The number of nitrogens with one attached hydrogen (secondary N) is 2. The summed E-state index contributed by atoms with van der Waals surface area (Å²) < 4.78 is 11.0. The zero-order chi connectivity index (χ0) is 28.9. The highest BCUT2D eigenvalue weighted by molar-refractivity contribution is 5.92. The molecule has 42 heavy (non-hydrogen) atoms. The van der Waals surface area contributed by atoms with Crippen LogP contribution >= 0.6 is 24.8 Å². The lowest BCUT2D eigenvalue weighted by molar-refractivity contribution is 0.244. The van der Waals surface area contributed by atoms with E-state index in [-0.39, 0.29) is 48.1 Å². The number of hydrogen-bond acceptors (Lipinski definition) is 5. The molecule has 230 valence electrons. The van der Waals surface area contributed by atoms with Crippen molar-refractivity contribution < 1.29 is 14.3 Å². The average molecular weight is 618 g/mol. The Balaban J connectivity index is 0.00000308. The summed E-state index contributed by atoms with van der Waals surface area (Å²) in [7, 11) is 3.39. The van der Waals surface area contributed by atoms with E-state index in [0.717, 1.165) is 65.6 Å². The van der Waals surface area contributed by atoms with Crippen LogP contribution in [0, 0.1) is 0 Å². The van der Waals surface area contributed by atoms with Crippen molar-refractivity contribution in [1.29, 1.82) is 0 Å². The quantitative estimate of drug-likeness (QED) is 0.214. The standard InChI is InChI=1S/C33H44N4O3.2ClH/c1-22(2)27-19-25(34)20-28(23(3)4)31(27)36-32(38)35-21-33(24-11-13-26(39-5)14-12-24)15-17-37(18-16-33)29-9-7-8-10-30(29)40-6;;/h7-14,19-20,22-23H,15-18,21,34H2,1-6H3,(H2,35,36,38);2*1H. The number of ether oxygens (including phenoxy) is 2. The average Bonchev–Trinajstić information content (AvgIpc) is 2.96. The van der Waals surface area contributed by atoms with Crippen LogP contribution in [-0.4, -0.2) is 39.9 Å². The molecule has 1 aliphatic rings. The van der Waals surface area contributed by atoms with E-state index in [2.05, 4.69) is 61.4 Å². The van der Waals surface area contributed by atoms with Gasteiger partial charge in [0.1, 0.15) is 11.5 Å². The van der Waals surface area contributed by atoms with E-state index < -0.39 is 0 Å². The molecule has 1 saturated heterocycles. The minimum Gasteiger partial charge on any atom is -0.497 e. The van der Waals surface area contributed by atoms with Gasteiger partial charge in [-0.05, 0) is 77.8 Å². The van der Waals surface area contributed by atoms with Crippen LogP contribution in [0.1, 0.15) is 69.1 Å². The molecule has 1 heterocycles. The number of urea groups is 1. The monoisotopic (exact) mass is 616 g/mol. The SMILES string of the molecule is COc1ccc(C2(CNC(=O)Nc3c(C(C)C)cc(N)cc3C(C)C)CCN(c3ccccc3OC)CC2)cc1.Cl.Cl. The second-order valence-corrected chi connectivity index (χ2v) is 11.4. The van der Waals surface area contributed by atoms with Gasteiger partial charge >= 0.3 is 6.03 Å². The maximum atomic E-state index is 13.4. The van der Waals surface area contributed by atoms with E-state index >= 15 is 0 Å². The number of hydrogen-bond donors (Lipinski definition) is 3. The summed E-state index contributed by atoms with van der Waals surface area (Å²) in [6.45, 7) is 10.7. The summed E-state index contributed by atoms with van der Waals surface area (Å²) >= 11 is 0. The summed E-state index contributed by atoms with van der Waals surface area (Å²) in [4.78, 5) is 15.8. The Morgan fingerprint density at radius 2 is 1.48 bits per heavy atom. The van der Waals surface area contributed by atoms with Crippen molar-refractivity contribution in [3.63, 3.8) is 0 Å². The highest BCUT2D eigenvalue weighted by Crippen LogP contribution is 2.40. The van der Waals surface area contributed by atoms with Crippen molar-refractivity contribution in [2.45, 2.75) is 57.8 Å². The predicted octanol–water partition coefficient (Wildman–Crippen LogP) is 7.74. The van der Waals surface area contributed by atoms with Crippen LogP contribution in [0.4, 0.5) is 21.9 Å². The van der Waals surface area contributed by atoms with Gasteiger partial charge in [0.25, 0.3) is 0 Å². The lowest BCUT2D eigenvalue weighted by atomic mass is 9.72. The van der Waals surface area contributed by atoms with Crippen LogP contribution in [0.3, 0.4) is 0 Å². The Morgan fingerprint density at radius 3 is 2.00 bits per heavy atom. The molecular formula is C33H46Cl2N4O3. The maximum absolute atomic E-state index is 13.4. The van der Waals surface area contributed by atoms with Crippen LogP contribution in [0.2, 0.25) is 0 Å². The molecule has 0 aliphatic carbocycles. The Bertz CT molecular complexity index is 1280. The molecular weight excluding hydrogens is 571 g/mol. The van der Waals surface area contributed by atoms with Crippen molar-refractivity contribution in [2.75, 3.05) is 49.8 Å². The molecule has 1 fully saturated rings. The van der Waals surface area contributed by atoms with Crippen LogP contribution in [-0.2, 0) is 5.41 Å². The molecule has 0 saturated carbocycles. The van der Waals surface area contributed by atoms with E-state index in [9.17, 15) is 4.79 Å². The van der Waals surface area contributed by atoms with Gasteiger partial charge in [0.05, 0.1) is 19.9 Å². The predicted molar refractivity (Wildman–Crippen MR) is 180 cm³/mol. The third-order valence-corrected chi connectivity index (χ3v) is 8.14. The number of rotatable bonds is 9. The summed E-state index contributed by atoms with van der Waals surface area (Å²) in [6.07, 6.45) is 1.77. The highest BCUT2D eigenvalue weighted by Gasteiger charge is 2.37. The van der Waals surface area contributed by atoms with Crippen LogP contribution < -0.4 is 30.7 Å². The molecule has 0 unspecified atom stereocenters. The third kappa shape index (κ3) is 7.75. The normalized spacial score (nSPS) is 14.0. The van der Waals surface area contributed by atoms with Crippen molar-refractivity contribution >= 4 is 47.9 Å². The van der Waals surface area contributed by atoms with E-state index in [1.165, 1.54) is 5.56 Å². The van der Waals surface area contributed by atoms with Crippen molar-refractivity contribution in [3.8, 4) is 11.5 Å². The van der Waals surface area contributed by atoms with Gasteiger partial charge in [-0.15, -0.1) is 24.8 Å². The number of nitrogens with two attached hydrogens (primary N) is 1. The molecule has 7 nitrogen and oxygen atoms in total. The Hall–Kier alpha value is -3.29. The number of anilines is 3. The number of nitrogen functional groups attached to an aromatic ring is 1. The van der Waals surface area contributed by atoms with Gasteiger partial charge in [0.2, 0.25) is 0 Å². The van der Waals surface area contributed by atoms with Gasteiger partial charge in [0, 0.05) is 36.4 Å². The number of piperidine rings is 1. The van der Waals surface area contributed by atoms with Gasteiger partial charge < -0.3 is 30.7 Å². The fraction of sp³-hybridized carbons (Fsp3) is 0.424. The van der Waals surface area contributed by atoms with E-state index in [1.54, 1.807) is 14.2 Å². The Morgan fingerprint density at radius 1 is 0.905 bits per heavy atom. The molecule has 0 spiro atoms. The molecule has 0 bridgehead atoms. The zero-order valence-corrected chi connectivity index (χ0v) is 27.2. The smallest absolute Gasteiger partial charge is 0.319 e. The van der Waals surface area contributed by atoms with E-state index in [4.69, 9.17) is 15.2 Å². The fourth-order valence-electron chi connectivity index (χ4n) is 5.75. The van der Waals surface area contributed by atoms with E-state index in [0.29, 0.717) is 6.54 Å². The molecule has 4 rings (SSSR count). The molecule has 3 aromatic carbocycles. The summed E-state index contributed by atoms with van der Waals surface area (Å²) in [5, 5.41) is 6.43. The molecule has 3 aromatic rings. The van der Waals surface area contributed by atoms with Gasteiger partial charge in [0.15, 0.2) is 0 Å². The highest BCUT2D eigenvalue weighted by atomic mass is 35.5. The molecule has 1 aliphatic heterocycles. The number of nitrogens with zero attached hydrogens (tertiary/aromatic N) is 1. The number of carbonyl (C=O) groups excluding carboxylic acids is 1. The summed E-state index contributed by atoms with van der Waals surface area (Å²) in [5.41, 5.74) is 12.0. The zero-order valence-electron chi connectivity index (χ0n) is 25.5. The van der Waals surface area contributed by atoms with Gasteiger partial charge in [-0.3, -0.25) is 0 Å². The summed E-state index contributed by atoms with van der Waals surface area (Å²) in [5.74, 6) is 2.15. The Labute approximate surface area is 263 Å². The van der Waals surface area contributed by atoms with Gasteiger partial charge in [-0.1, -0.05) is 52.0 Å². The van der Waals surface area contributed by atoms with Crippen LogP contribution in [0.15, 0.2) is 60.7 Å².